The number of benzene rings is 1. The van der Waals surface area contributed by atoms with Gasteiger partial charge >= 0.3 is 11.9 Å². The molecule has 0 aliphatic rings. The fraction of sp³-hybridized carbons (Fsp3) is 0.467. The van der Waals surface area contributed by atoms with Gasteiger partial charge in [0.2, 0.25) is 0 Å². The zero-order valence-electron chi connectivity index (χ0n) is 11.7. The van der Waals surface area contributed by atoms with Crippen molar-refractivity contribution in [3.63, 3.8) is 0 Å². The Hall–Kier alpha value is -1.91. The van der Waals surface area contributed by atoms with Gasteiger partial charge in [0, 0.05) is 0 Å². The molecule has 1 N–H and O–H groups in total. The summed E-state index contributed by atoms with van der Waals surface area (Å²) < 4.78 is 18.1. The molecule has 0 atom stereocenters. The van der Waals surface area contributed by atoms with E-state index in [1.54, 1.807) is 6.07 Å². The molecule has 20 heavy (non-hydrogen) atoms. The van der Waals surface area contributed by atoms with E-state index >= 15 is 0 Å². The van der Waals surface area contributed by atoms with E-state index in [0.29, 0.717) is 0 Å². The highest BCUT2D eigenvalue weighted by atomic mass is 19.1. The predicted molar refractivity (Wildman–Crippen MR) is 74.7 cm³/mol. The maximum Gasteiger partial charge on any atom is 0.397 e. The van der Waals surface area contributed by atoms with Crippen LogP contribution in [0.15, 0.2) is 24.3 Å². The van der Waals surface area contributed by atoms with Gasteiger partial charge in [-0.3, -0.25) is 4.79 Å². The van der Waals surface area contributed by atoms with E-state index in [2.05, 4.69) is 12.2 Å². The summed E-state index contributed by atoms with van der Waals surface area (Å²) in [6.07, 6.45) is 5.09. The van der Waals surface area contributed by atoms with Crippen LogP contribution in [-0.2, 0) is 14.3 Å². The van der Waals surface area contributed by atoms with E-state index in [1.165, 1.54) is 18.2 Å². The lowest BCUT2D eigenvalue weighted by Crippen LogP contribution is -2.25. The molecule has 0 spiro atoms. The van der Waals surface area contributed by atoms with Crippen molar-refractivity contribution >= 4 is 17.6 Å². The summed E-state index contributed by atoms with van der Waals surface area (Å²) in [5.74, 6) is -2.53. The minimum atomic E-state index is -0.983. The molecule has 1 amide bonds. The first-order chi connectivity index (χ1) is 9.65. The molecule has 1 aromatic carbocycles. The van der Waals surface area contributed by atoms with Crippen LogP contribution in [-0.4, -0.2) is 18.5 Å². The first-order valence-electron chi connectivity index (χ1n) is 6.87. The van der Waals surface area contributed by atoms with Gasteiger partial charge in [-0.25, -0.2) is 9.18 Å². The van der Waals surface area contributed by atoms with Crippen molar-refractivity contribution in [3.8, 4) is 0 Å². The Labute approximate surface area is 118 Å². The van der Waals surface area contributed by atoms with Crippen LogP contribution < -0.4 is 5.32 Å². The largest absolute Gasteiger partial charge is 0.459 e. The van der Waals surface area contributed by atoms with Crippen molar-refractivity contribution in [2.24, 2.45) is 0 Å². The number of unbranched alkanes of at least 4 members (excludes halogenated alkanes) is 4. The lowest BCUT2D eigenvalue weighted by Gasteiger charge is -2.06. The van der Waals surface area contributed by atoms with Gasteiger partial charge < -0.3 is 10.1 Å². The first-order valence-corrected chi connectivity index (χ1v) is 6.87. The zero-order chi connectivity index (χ0) is 14.8. The normalized spacial score (nSPS) is 10.1. The molecule has 0 saturated heterocycles. The Morgan fingerprint density at radius 1 is 1.15 bits per heavy atom. The van der Waals surface area contributed by atoms with Crippen LogP contribution in [0.3, 0.4) is 0 Å². The molecule has 1 rings (SSSR count). The maximum atomic E-state index is 13.3. The van der Waals surface area contributed by atoms with Gasteiger partial charge in [0.1, 0.15) is 5.82 Å². The van der Waals surface area contributed by atoms with Crippen molar-refractivity contribution < 1.29 is 18.7 Å². The zero-order valence-corrected chi connectivity index (χ0v) is 11.7. The van der Waals surface area contributed by atoms with Crippen LogP contribution in [0.1, 0.15) is 39.0 Å². The third kappa shape index (κ3) is 5.82. The van der Waals surface area contributed by atoms with Gasteiger partial charge in [-0.1, -0.05) is 44.7 Å². The standard InChI is InChI=1S/C15H20FNO3/c1-2-3-4-5-8-11-20-15(19)14(18)17-13-10-7-6-9-12(13)16/h6-7,9-10H,2-5,8,11H2,1H3,(H,17,18). The highest BCUT2D eigenvalue weighted by Gasteiger charge is 2.16. The Bertz CT molecular complexity index is 448. The van der Waals surface area contributed by atoms with Crippen molar-refractivity contribution in [1.29, 1.82) is 0 Å². The molecule has 1 aromatic rings. The van der Waals surface area contributed by atoms with Gasteiger partial charge in [-0.2, -0.15) is 0 Å². The lowest BCUT2D eigenvalue weighted by molar-refractivity contribution is -0.152. The van der Waals surface area contributed by atoms with Crippen LogP contribution >= 0.6 is 0 Å². The second-order valence-corrected chi connectivity index (χ2v) is 4.48. The molecule has 0 radical (unpaired) electrons. The number of hydrogen-bond donors (Lipinski definition) is 1. The summed E-state index contributed by atoms with van der Waals surface area (Å²) in [5, 5.41) is 2.18. The Morgan fingerprint density at radius 3 is 2.55 bits per heavy atom. The number of amides is 1. The quantitative estimate of drug-likeness (QED) is 0.474. The molecule has 110 valence electrons. The van der Waals surface area contributed by atoms with E-state index in [-0.39, 0.29) is 12.3 Å². The highest BCUT2D eigenvalue weighted by molar-refractivity contribution is 6.37. The maximum absolute atomic E-state index is 13.3. The third-order valence-electron chi connectivity index (χ3n) is 2.79. The smallest absolute Gasteiger partial charge is 0.397 e. The summed E-state index contributed by atoms with van der Waals surface area (Å²) in [6.45, 7) is 2.33. The van der Waals surface area contributed by atoms with Crippen LogP contribution in [0.25, 0.3) is 0 Å². The second-order valence-electron chi connectivity index (χ2n) is 4.48. The SMILES string of the molecule is CCCCCCCOC(=O)C(=O)Nc1ccccc1F. The molecule has 5 heteroatoms. The van der Waals surface area contributed by atoms with Gasteiger partial charge in [0.25, 0.3) is 0 Å². The topological polar surface area (TPSA) is 55.4 Å². The summed E-state index contributed by atoms with van der Waals surface area (Å²) in [5.41, 5.74) is -0.0302. The van der Waals surface area contributed by atoms with Crippen LogP contribution in [0.4, 0.5) is 10.1 Å². The second kappa shape index (κ2) is 9.07. The van der Waals surface area contributed by atoms with Crippen molar-refractivity contribution in [2.75, 3.05) is 11.9 Å². The number of para-hydroxylation sites is 1. The Balaban J connectivity index is 2.26. The van der Waals surface area contributed by atoms with Gasteiger partial charge in [0.05, 0.1) is 12.3 Å². The van der Waals surface area contributed by atoms with E-state index in [4.69, 9.17) is 4.74 Å². The van der Waals surface area contributed by atoms with E-state index in [0.717, 1.165) is 32.1 Å². The fourth-order valence-corrected chi connectivity index (χ4v) is 1.67. The number of esters is 1. The Kier molecular flexibility index (Phi) is 7.32. The summed E-state index contributed by atoms with van der Waals surface area (Å²) in [4.78, 5) is 22.9. The molecular weight excluding hydrogens is 261 g/mol. The minimum Gasteiger partial charge on any atom is -0.459 e. The number of halogens is 1. The molecule has 0 bridgehead atoms. The van der Waals surface area contributed by atoms with Crippen LogP contribution in [0, 0.1) is 5.82 Å². The first kappa shape index (κ1) is 16.1. The number of rotatable bonds is 7. The summed E-state index contributed by atoms with van der Waals surface area (Å²) in [6, 6.07) is 5.65. The molecule has 0 aliphatic carbocycles. The molecular formula is C15H20FNO3. The molecule has 0 heterocycles. The molecule has 0 aliphatic heterocycles. The van der Waals surface area contributed by atoms with Gasteiger partial charge in [-0.15, -0.1) is 0 Å². The molecule has 4 nitrogen and oxygen atoms in total. The van der Waals surface area contributed by atoms with Crippen molar-refractivity contribution in [2.45, 2.75) is 39.0 Å². The average Bonchev–Trinajstić information content (AvgIpc) is 2.44. The summed E-state index contributed by atoms with van der Waals surface area (Å²) in [7, 11) is 0. The van der Waals surface area contributed by atoms with Gasteiger partial charge in [-0.05, 0) is 18.6 Å². The summed E-state index contributed by atoms with van der Waals surface area (Å²) >= 11 is 0. The fourth-order valence-electron chi connectivity index (χ4n) is 1.67. The third-order valence-corrected chi connectivity index (χ3v) is 2.79. The van der Waals surface area contributed by atoms with Crippen LogP contribution in [0.5, 0.6) is 0 Å². The number of hydrogen-bond acceptors (Lipinski definition) is 3. The molecule has 0 unspecified atom stereocenters. The molecule has 0 fully saturated rings. The van der Waals surface area contributed by atoms with E-state index < -0.39 is 17.7 Å². The van der Waals surface area contributed by atoms with Crippen molar-refractivity contribution in [3.05, 3.63) is 30.1 Å². The molecule has 0 saturated carbocycles. The number of ether oxygens (including phenoxy) is 1. The van der Waals surface area contributed by atoms with Crippen LogP contribution in [0.2, 0.25) is 0 Å². The van der Waals surface area contributed by atoms with Gasteiger partial charge in [0.15, 0.2) is 0 Å². The van der Waals surface area contributed by atoms with E-state index in [1.807, 2.05) is 0 Å². The predicted octanol–water partition coefficient (Wildman–Crippen LogP) is 3.28. The average molecular weight is 281 g/mol. The van der Waals surface area contributed by atoms with Crippen molar-refractivity contribution in [1.82, 2.24) is 0 Å². The number of nitrogens with one attached hydrogen (secondary N) is 1. The molecule has 0 aromatic heterocycles. The lowest BCUT2D eigenvalue weighted by atomic mass is 10.2. The number of anilines is 1. The highest BCUT2D eigenvalue weighted by Crippen LogP contribution is 2.12. The Morgan fingerprint density at radius 2 is 1.85 bits per heavy atom. The van der Waals surface area contributed by atoms with E-state index in [9.17, 15) is 14.0 Å². The minimum absolute atomic E-state index is 0.0302. The number of carbonyl (C=O) groups is 2. The monoisotopic (exact) mass is 281 g/mol. The number of carbonyl (C=O) groups excluding carboxylic acids is 2.